The van der Waals surface area contributed by atoms with Crippen molar-refractivity contribution >= 4 is 35.0 Å². The number of methoxy groups -OCH3 is 1. The van der Waals surface area contributed by atoms with E-state index in [9.17, 15) is 9.59 Å². The molecule has 0 saturated carbocycles. The first-order valence-corrected chi connectivity index (χ1v) is 13.2. The maximum absolute atomic E-state index is 13.8. The van der Waals surface area contributed by atoms with Gasteiger partial charge in [0, 0.05) is 22.1 Å². The summed E-state index contributed by atoms with van der Waals surface area (Å²) in [6.07, 6.45) is 2.45. The number of esters is 1. The predicted octanol–water partition coefficient (Wildman–Crippen LogP) is 4.86. The monoisotopic (exact) mass is 531 g/mol. The van der Waals surface area contributed by atoms with Gasteiger partial charge in [-0.15, -0.1) is 0 Å². The van der Waals surface area contributed by atoms with Crippen molar-refractivity contribution in [1.29, 1.82) is 0 Å². The molecule has 2 aromatic carbocycles. The van der Waals surface area contributed by atoms with Crippen LogP contribution in [0.1, 0.15) is 41.9 Å². The zero-order valence-electron chi connectivity index (χ0n) is 21.0. The Labute approximate surface area is 223 Å². The topological polar surface area (TPSA) is 65.6 Å². The van der Waals surface area contributed by atoms with Crippen molar-refractivity contribution in [3.05, 3.63) is 119 Å². The number of aryl methyl sites for hydroxylation is 1. The van der Waals surface area contributed by atoms with Crippen molar-refractivity contribution in [1.82, 2.24) is 9.13 Å². The third-order valence-corrected chi connectivity index (χ3v) is 7.84. The van der Waals surface area contributed by atoms with Gasteiger partial charge in [0.1, 0.15) is 0 Å². The summed E-state index contributed by atoms with van der Waals surface area (Å²) in [6, 6.07) is 18.7. The molecule has 3 heterocycles. The van der Waals surface area contributed by atoms with Crippen LogP contribution in [0.25, 0.3) is 11.8 Å². The Kier molecular flexibility index (Phi) is 6.75. The first kappa shape index (κ1) is 25.0. The number of aromatic nitrogens is 2. The average molecular weight is 532 g/mol. The molecule has 1 aliphatic heterocycles. The van der Waals surface area contributed by atoms with Crippen molar-refractivity contribution in [3.63, 3.8) is 0 Å². The number of hydrogen-bond acceptors (Lipinski definition) is 5. The Morgan fingerprint density at radius 3 is 2.49 bits per heavy atom. The van der Waals surface area contributed by atoms with Crippen LogP contribution in [0.2, 0.25) is 5.02 Å². The smallest absolute Gasteiger partial charge is 0.338 e. The SMILES string of the molecule is CCC1=C(C(=O)OC)[C@@H](c2ccccc2)n2c(s/c(=C/c3cc(C)n(-c4ccc(Cl)cc4)c3C)c2=O)=N1. The van der Waals surface area contributed by atoms with Crippen molar-refractivity contribution in [2.24, 2.45) is 4.99 Å². The standard InChI is InChI=1S/C29H26ClN3O3S/c1-5-23-25(28(35)36-4)26(19-9-7-6-8-10-19)33-27(34)24(37-29(33)31-23)16-20-15-17(2)32(18(20)3)22-13-11-21(30)12-14-22/h6-16,26H,5H2,1-4H3/b24-16+/t26-/m1/s1. The number of carbonyl (C=O) groups excluding carboxylic acids is 1. The lowest BCUT2D eigenvalue weighted by molar-refractivity contribution is -0.136. The molecular weight excluding hydrogens is 506 g/mol. The zero-order chi connectivity index (χ0) is 26.3. The quantitative estimate of drug-likeness (QED) is 0.345. The van der Waals surface area contributed by atoms with E-state index in [1.807, 2.05) is 81.4 Å². The second-order valence-corrected chi connectivity index (χ2v) is 10.3. The maximum Gasteiger partial charge on any atom is 0.338 e. The molecule has 8 heteroatoms. The minimum atomic E-state index is -0.608. The summed E-state index contributed by atoms with van der Waals surface area (Å²) < 4.78 is 9.43. The Bertz CT molecular complexity index is 1710. The number of allylic oxidation sites excluding steroid dienone is 1. The van der Waals surface area contributed by atoms with Gasteiger partial charge in [0.2, 0.25) is 0 Å². The van der Waals surface area contributed by atoms with E-state index < -0.39 is 12.0 Å². The fourth-order valence-corrected chi connectivity index (χ4v) is 6.01. The molecule has 6 nitrogen and oxygen atoms in total. The van der Waals surface area contributed by atoms with Gasteiger partial charge in [-0.1, -0.05) is 60.2 Å². The number of thiazole rings is 1. The first-order chi connectivity index (χ1) is 17.8. The molecule has 0 spiro atoms. The Balaban J connectivity index is 1.71. The lowest BCUT2D eigenvalue weighted by Gasteiger charge is -2.25. The van der Waals surface area contributed by atoms with Gasteiger partial charge < -0.3 is 9.30 Å². The summed E-state index contributed by atoms with van der Waals surface area (Å²) in [5, 5.41) is 0.679. The number of fused-ring (bicyclic) bond motifs is 1. The third-order valence-electron chi connectivity index (χ3n) is 6.61. The second-order valence-electron chi connectivity index (χ2n) is 8.84. The highest BCUT2D eigenvalue weighted by Gasteiger charge is 2.33. The summed E-state index contributed by atoms with van der Waals surface area (Å²) in [6.45, 7) is 6.01. The molecule has 0 aliphatic carbocycles. The van der Waals surface area contributed by atoms with Crippen LogP contribution in [-0.2, 0) is 9.53 Å². The van der Waals surface area contributed by atoms with Crippen molar-refractivity contribution < 1.29 is 9.53 Å². The van der Waals surface area contributed by atoms with Gasteiger partial charge in [-0.3, -0.25) is 9.36 Å². The molecule has 1 aliphatic rings. The highest BCUT2D eigenvalue weighted by Crippen LogP contribution is 2.31. The maximum atomic E-state index is 13.8. The number of hydrogen-bond donors (Lipinski definition) is 0. The Hall–Kier alpha value is -3.68. The van der Waals surface area contributed by atoms with E-state index in [1.54, 1.807) is 4.57 Å². The lowest BCUT2D eigenvalue weighted by Crippen LogP contribution is -2.40. The van der Waals surface area contributed by atoms with Gasteiger partial charge in [0.15, 0.2) is 4.80 Å². The molecule has 0 N–H and O–H groups in total. The summed E-state index contributed by atoms with van der Waals surface area (Å²) in [4.78, 5) is 32.1. The number of carbonyl (C=O) groups is 1. The van der Waals surface area contributed by atoms with E-state index in [2.05, 4.69) is 10.6 Å². The van der Waals surface area contributed by atoms with E-state index in [0.717, 1.165) is 28.2 Å². The number of ether oxygens (including phenoxy) is 1. The number of nitrogens with zero attached hydrogens (tertiary/aromatic N) is 3. The minimum absolute atomic E-state index is 0.189. The molecule has 0 saturated heterocycles. The van der Waals surface area contributed by atoms with E-state index in [0.29, 0.717) is 32.0 Å². The molecule has 0 bridgehead atoms. The summed E-state index contributed by atoms with van der Waals surface area (Å²) in [7, 11) is 1.35. The van der Waals surface area contributed by atoms with E-state index in [1.165, 1.54) is 18.4 Å². The van der Waals surface area contributed by atoms with Crippen LogP contribution in [0.3, 0.4) is 0 Å². The molecule has 1 atom stereocenters. The van der Waals surface area contributed by atoms with E-state index in [4.69, 9.17) is 21.3 Å². The van der Waals surface area contributed by atoms with Crippen molar-refractivity contribution in [2.75, 3.05) is 7.11 Å². The van der Waals surface area contributed by atoms with Crippen LogP contribution in [0.15, 0.2) is 81.7 Å². The Morgan fingerprint density at radius 1 is 1.14 bits per heavy atom. The third kappa shape index (κ3) is 4.38. The van der Waals surface area contributed by atoms with Gasteiger partial charge in [-0.25, -0.2) is 9.79 Å². The predicted molar refractivity (Wildman–Crippen MR) is 147 cm³/mol. The first-order valence-electron chi connectivity index (χ1n) is 12.0. The van der Waals surface area contributed by atoms with Crippen LogP contribution in [0.5, 0.6) is 0 Å². The molecule has 188 valence electrons. The van der Waals surface area contributed by atoms with Crippen LogP contribution >= 0.6 is 22.9 Å². The molecule has 0 amide bonds. The minimum Gasteiger partial charge on any atom is -0.466 e. The van der Waals surface area contributed by atoms with Crippen LogP contribution in [0, 0.1) is 13.8 Å². The van der Waals surface area contributed by atoms with Crippen molar-refractivity contribution in [2.45, 2.75) is 33.2 Å². The van der Waals surface area contributed by atoms with Gasteiger partial charge in [0.05, 0.1) is 29.0 Å². The zero-order valence-corrected chi connectivity index (χ0v) is 22.6. The summed E-state index contributed by atoms with van der Waals surface area (Å²) >= 11 is 7.41. The molecular formula is C29H26ClN3O3S. The molecule has 4 aromatic rings. The molecule has 0 unspecified atom stereocenters. The average Bonchev–Trinajstić information content (AvgIpc) is 3.37. The molecule has 5 rings (SSSR count). The van der Waals surface area contributed by atoms with E-state index in [-0.39, 0.29) is 5.56 Å². The van der Waals surface area contributed by atoms with Gasteiger partial charge in [-0.05, 0) is 67.8 Å². The largest absolute Gasteiger partial charge is 0.466 e. The van der Waals surface area contributed by atoms with Crippen LogP contribution in [0.4, 0.5) is 0 Å². The molecule has 37 heavy (non-hydrogen) atoms. The van der Waals surface area contributed by atoms with E-state index >= 15 is 0 Å². The lowest BCUT2D eigenvalue weighted by atomic mass is 9.95. The highest BCUT2D eigenvalue weighted by atomic mass is 35.5. The molecule has 2 aromatic heterocycles. The normalized spacial score (nSPS) is 15.5. The van der Waals surface area contributed by atoms with Crippen molar-refractivity contribution in [3.8, 4) is 5.69 Å². The van der Waals surface area contributed by atoms with Gasteiger partial charge >= 0.3 is 5.97 Å². The Morgan fingerprint density at radius 2 is 1.84 bits per heavy atom. The van der Waals surface area contributed by atoms with Crippen LogP contribution < -0.4 is 14.9 Å². The van der Waals surface area contributed by atoms with Crippen LogP contribution in [-0.4, -0.2) is 22.2 Å². The summed E-state index contributed by atoms with van der Waals surface area (Å²) in [5.74, 6) is -0.477. The number of halogens is 1. The fourth-order valence-electron chi connectivity index (χ4n) is 4.88. The molecule has 0 fully saturated rings. The van der Waals surface area contributed by atoms with Gasteiger partial charge in [-0.2, -0.15) is 0 Å². The fraction of sp³-hybridized carbons (Fsp3) is 0.207. The number of benzene rings is 2. The molecule has 0 radical (unpaired) electrons. The highest BCUT2D eigenvalue weighted by molar-refractivity contribution is 7.07. The number of rotatable bonds is 5. The second kappa shape index (κ2) is 10.00. The summed E-state index contributed by atoms with van der Waals surface area (Å²) in [5.41, 5.74) is 5.67. The van der Waals surface area contributed by atoms with Gasteiger partial charge in [0.25, 0.3) is 5.56 Å².